The summed E-state index contributed by atoms with van der Waals surface area (Å²) in [6.45, 7) is 0. The van der Waals surface area contributed by atoms with Gasteiger partial charge in [0.25, 0.3) is 0 Å². The SMILES string of the molecule is O.[F-].[F-].[F-].[F-].[Mo+4]. The molecule has 0 unspecified atom stereocenters. The first-order chi connectivity index (χ1) is 0. The second-order valence-electron chi connectivity index (χ2n) is 0. The van der Waals surface area contributed by atoms with Crippen LogP contribution in [0.1, 0.15) is 0 Å². The molecule has 2 N–H and O–H groups in total. The topological polar surface area (TPSA) is 31.5 Å². The third-order valence-corrected chi connectivity index (χ3v) is 0. The van der Waals surface area contributed by atoms with E-state index in [1.54, 1.807) is 0 Å². The Labute approximate surface area is 46.2 Å². The molecule has 6 heteroatoms. The Balaban J connectivity index is 0. The maximum absolute atomic E-state index is 0. The summed E-state index contributed by atoms with van der Waals surface area (Å²) in [5.74, 6) is 0. The fraction of sp³-hybridized carbons (Fsp3) is 0. The van der Waals surface area contributed by atoms with Crippen molar-refractivity contribution in [1.29, 1.82) is 0 Å². The molecule has 0 aliphatic rings. The first kappa shape index (κ1) is 1350. The monoisotopic (exact) mass is 192 g/mol. The summed E-state index contributed by atoms with van der Waals surface area (Å²) in [7, 11) is 0. The van der Waals surface area contributed by atoms with Gasteiger partial charge in [-0.25, -0.2) is 0 Å². The van der Waals surface area contributed by atoms with E-state index in [0.717, 1.165) is 0 Å². The minimum atomic E-state index is 0. The van der Waals surface area contributed by atoms with E-state index in [9.17, 15) is 0 Å². The van der Waals surface area contributed by atoms with Crippen LogP contribution in [0.3, 0.4) is 0 Å². The quantitative estimate of drug-likeness (QED) is 0.268. The van der Waals surface area contributed by atoms with Gasteiger partial charge in [0.2, 0.25) is 0 Å². The van der Waals surface area contributed by atoms with Crippen molar-refractivity contribution in [3.05, 3.63) is 0 Å². The predicted molar refractivity (Wildman–Crippen MR) is 3.61 cm³/mol. The van der Waals surface area contributed by atoms with E-state index in [1.807, 2.05) is 0 Å². The van der Waals surface area contributed by atoms with Crippen molar-refractivity contribution < 1.29 is 45.4 Å². The third-order valence-electron chi connectivity index (χ3n) is 0. The van der Waals surface area contributed by atoms with Crippen molar-refractivity contribution in [3.63, 3.8) is 0 Å². The Bertz CT molecular complexity index is 7.51. The van der Waals surface area contributed by atoms with Gasteiger partial charge in [-0.2, -0.15) is 0 Å². The second-order valence-corrected chi connectivity index (χ2v) is 0. The van der Waals surface area contributed by atoms with Gasteiger partial charge in [0.05, 0.1) is 0 Å². The molecule has 0 bridgehead atoms. The van der Waals surface area contributed by atoms with Crippen LogP contribution in [0.25, 0.3) is 0 Å². The minimum absolute atomic E-state index is 0. The molecule has 0 amide bonds. The third kappa shape index (κ3) is 365. The van der Waals surface area contributed by atoms with Crippen LogP contribution in [0.15, 0.2) is 0 Å². The summed E-state index contributed by atoms with van der Waals surface area (Å²) in [6.07, 6.45) is 0. The molecule has 0 atom stereocenters. The number of rotatable bonds is 0. The molecule has 0 radical (unpaired) electrons. The smallest absolute Gasteiger partial charge is 1.00 e. The molecule has 6 heavy (non-hydrogen) atoms. The average molecular weight is 190 g/mol. The van der Waals surface area contributed by atoms with E-state index < -0.39 is 0 Å². The molecule has 0 aromatic rings. The minimum Gasteiger partial charge on any atom is -1.00 e. The van der Waals surface area contributed by atoms with Crippen molar-refractivity contribution in [2.75, 3.05) is 0 Å². The standard InChI is InChI=1S/4FH.Mo.H2O/h4*1H;;1H2/q;;;;+4;/p-4. The summed E-state index contributed by atoms with van der Waals surface area (Å²) in [5.41, 5.74) is 0. The Morgan fingerprint density at radius 2 is 0.500 bits per heavy atom. The molecular formula is H2F4MoO. The van der Waals surface area contributed by atoms with E-state index >= 15 is 0 Å². The fourth-order valence-corrected chi connectivity index (χ4v) is 0. The number of hydrogen-bond acceptors (Lipinski definition) is 0. The van der Waals surface area contributed by atoms with Crippen LogP contribution in [-0.2, 0) is 21.1 Å². The second kappa shape index (κ2) is 755. The zero-order valence-electron chi connectivity index (χ0n) is 2.42. The van der Waals surface area contributed by atoms with Gasteiger partial charge in [-0.3, -0.25) is 0 Å². The number of halogens is 4. The summed E-state index contributed by atoms with van der Waals surface area (Å²) < 4.78 is 0. The fourth-order valence-electron chi connectivity index (χ4n) is 0. The van der Waals surface area contributed by atoms with Crippen molar-refractivity contribution in [1.82, 2.24) is 0 Å². The Morgan fingerprint density at radius 3 is 0.500 bits per heavy atom. The molecule has 0 heterocycles. The molecule has 0 rings (SSSR count). The van der Waals surface area contributed by atoms with Crippen molar-refractivity contribution in [2.45, 2.75) is 0 Å². The van der Waals surface area contributed by atoms with Crippen molar-refractivity contribution in [2.24, 2.45) is 0 Å². The first-order valence-electron chi connectivity index (χ1n) is 0. The van der Waals surface area contributed by atoms with E-state index in [4.69, 9.17) is 0 Å². The molecule has 0 saturated carbocycles. The summed E-state index contributed by atoms with van der Waals surface area (Å²) in [4.78, 5) is 0. The first-order valence-corrected chi connectivity index (χ1v) is 0. The van der Waals surface area contributed by atoms with Gasteiger partial charge in [0, 0.05) is 0 Å². The van der Waals surface area contributed by atoms with Crippen LogP contribution in [0, 0.1) is 0 Å². The van der Waals surface area contributed by atoms with Crippen LogP contribution < -0.4 is 18.8 Å². The van der Waals surface area contributed by atoms with Gasteiger partial charge < -0.3 is 24.3 Å². The summed E-state index contributed by atoms with van der Waals surface area (Å²) >= 11 is 0. The predicted octanol–water partition coefficient (Wildman–Crippen LogP) is -12.8. The maximum Gasteiger partial charge on any atom is 4.00 e. The summed E-state index contributed by atoms with van der Waals surface area (Å²) in [5, 5.41) is 0. The molecule has 0 fully saturated rings. The Hall–Kier alpha value is 0.368. The zero-order chi connectivity index (χ0) is 0. The Kier molecular flexibility index (Phi) is 170000. The Morgan fingerprint density at radius 1 is 0.500 bits per heavy atom. The van der Waals surface area contributed by atoms with Gasteiger partial charge in [0.1, 0.15) is 0 Å². The average Bonchev–Trinajstić information content (AvgIpc) is 0. The largest absolute Gasteiger partial charge is 4.00 e. The van der Waals surface area contributed by atoms with Crippen LogP contribution in [0.4, 0.5) is 0 Å². The van der Waals surface area contributed by atoms with Gasteiger partial charge in [-0.05, 0) is 0 Å². The number of hydrogen-bond donors (Lipinski definition) is 0. The van der Waals surface area contributed by atoms with Crippen LogP contribution >= 0.6 is 0 Å². The van der Waals surface area contributed by atoms with E-state index in [2.05, 4.69) is 0 Å². The van der Waals surface area contributed by atoms with Crippen LogP contribution in [-0.4, -0.2) is 5.48 Å². The zero-order valence-corrected chi connectivity index (χ0v) is 4.43. The molecule has 0 saturated heterocycles. The van der Waals surface area contributed by atoms with Crippen molar-refractivity contribution >= 4 is 0 Å². The molecule has 0 aliphatic carbocycles. The van der Waals surface area contributed by atoms with Gasteiger partial charge >= 0.3 is 21.1 Å². The molecule has 0 aromatic heterocycles. The van der Waals surface area contributed by atoms with Gasteiger partial charge in [-0.15, -0.1) is 0 Å². The molecule has 42 valence electrons. The molecule has 0 spiro atoms. The molecule has 0 aromatic carbocycles. The van der Waals surface area contributed by atoms with Crippen molar-refractivity contribution in [3.8, 4) is 0 Å². The summed E-state index contributed by atoms with van der Waals surface area (Å²) in [6, 6.07) is 0. The molecular weight excluding hydrogens is 188 g/mol. The molecule has 0 aliphatic heterocycles. The van der Waals surface area contributed by atoms with Gasteiger partial charge in [0.15, 0.2) is 0 Å². The van der Waals surface area contributed by atoms with Crippen LogP contribution in [0.2, 0.25) is 0 Å². The normalized spacial score (nSPS) is 0. The van der Waals surface area contributed by atoms with E-state index in [0.29, 0.717) is 0 Å². The molecule has 1 nitrogen and oxygen atoms in total. The van der Waals surface area contributed by atoms with Crippen LogP contribution in [0.5, 0.6) is 0 Å². The van der Waals surface area contributed by atoms with E-state index in [-0.39, 0.29) is 45.4 Å². The van der Waals surface area contributed by atoms with E-state index in [1.165, 1.54) is 0 Å². The maximum atomic E-state index is 0. The van der Waals surface area contributed by atoms with Gasteiger partial charge in [-0.1, -0.05) is 0 Å².